The van der Waals surface area contributed by atoms with Gasteiger partial charge in [-0.2, -0.15) is 5.26 Å². The maximum Gasteiger partial charge on any atom is 0.270 e. The van der Waals surface area contributed by atoms with Crippen LogP contribution in [0.3, 0.4) is 0 Å². The Bertz CT molecular complexity index is 504. The van der Waals surface area contributed by atoms with Gasteiger partial charge in [-0.3, -0.25) is 10.1 Å². The summed E-state index contributed by atoms with van der Waals surface area (Å²) in [6, 6.07) is 6.50. The highest BCUT2D eigenvalue weighted by atomic mass is 16.6. The molecule has 1 aliphatic carbocycles. The summed E-state index contributed by atoms with van der Waals surface area (Å²) < 4.78 is 5.17. The third kappa shape index (κ3) is 2.41. The van der Waals surface area contributed by atoms with Gasteiger partial charge in [-0.05, 0) is 18.9 Å². The molecule has 6 nitrogen and oxygen atoms in total. The lowest BCUT2D eigenvalue weighted by Crippen LogP contribution is -2.40. The van der Waals surface area contributed by atoms with E-state index in [0.717, 1.165) is 12.8 Å². The average molecular weight is 247 g/mol. The Labute approximate surface area is 104 Å². The van der Waals surface area contributed by atoms with Crippen molar-refractivity contribution in [2.75, 3.05) is 12.4 Å². The fourth-order valence-electron chi connectivity index (χ4n) is 1.96. The summed E-state index contributed by atoms with van der Waals surface area (Å²) in [4.78, 5) is 10.1. The van der Waals surface area contributed by atoms with Gasteiger partial charge in [0.25, 0.3) is 5.69 Å². The second-order valence-electron chi connectivity index (χ2n) is 4.27. The number of methoxy groups -OCH3 is 1. The monoisotopic (exact) mass is 247 g/mol. The standard InChI is InChI=1S/C12H13N3O3/c1-18-11-5-9(6-11)14-12-3-2-10(15(16)17)4-8(12)7-13/h2-4,9,11,14H,5-6H2,1H3. The van der Waals surface area contributed by atoms with Crippen molar-refractivity contribution >= 4 is 11.4 Å². The van der Waals surface area contributed by atoms with Crippen LogP contribution in [0.15, 0.2) is 18.2 Å². The third-order valence-electron chi connectivity index (χ3n) is 3.12. The minimum atomic E-state index is -0.505. The Morgan fingerprint density at radius 3 is 2.83 bits per heavy atom. The molecule has 1 aromatic rings. The number of nitro benzene ring substituents is 1. The third-order valence-corrected chi connectivity index (χ3v) is 3.12. The van der Waals surface area contributed by atoms with Crippen LogP contribution in [0.5, 0.6) is 0 Å². The SMILES string of the molecule is COC1CC(Nc2ccc([N+](=O)[O-])cc2C#N)C1. The number of rotatable bonds is 4. The van der Waals surface area contributed by atoms with Crippen LogP contribution in [0.25, 0.3) is 0 Å². The van der Waals surface area contributed by atoms with E-state index in [0.29, 0.717) is 11.3 Å². The van der Waals surface area contributed by atoms with Gasteiger partial charge >= 0.3 is 0 Å². The number of benzene rings is 1. The minimum absolute atomic E-state index is 0.0690. The van der Waals surface area contributed by atoms with Crippen LogP contribution in [0.1, 0.15) is 18.4 Å². The second kappa shape index (κ2) is 5.02. The van der Waals surface area contributed by atoms with Crippen molar-refractivity contribution in [3.63, 3.8) is 0 Å². The number of hydrogen-bond donors (Lipinski definition) is 1. The zero-order chi connectivity index (χ0) is 13.1. The first kappa shape index (κ1) is 12.3. The van der Waals surface area contributed by atoms with Crippen LogP contribution in [0.2, 0.25) is 0 Å². The number of nitrogens with zero attached hydrogens (tertiary/aromatic N) is 2. The summed E-state index contributed by atoms with van der Waals surface area (Å²) in [6.07, 6.45) is 2.04. The molecule has 1 N–H and O–H groups in total. The van der Waals surface area contributed by atoms with E-state index < -0.39 is 4.92 Å². The molecule has 1 fully saturated rings. The molecular formula is C12H13N3O3. The van der Waals surface area contributed by atoms with Gasteiger partial charge in [0.15, 0.2) is 0 Å². The Morgan fingerprint density at radius 1 is 1.56 bits per heavy atom. The molecule has 0 aromatic heterocycles. The fourth-order valence-corrected chi connectivity index (χ4v) is 1.96. The van der Waals surface area contributed by atoms with E-state index in [1.807, 2.05) is 6.07 Å². The second-order valence-corrected chi connectivity index (χ2v) is 4.27. The molecule has 0 radical (unpaired) electrons. The van der Waals surface area contributed by atoms with Crippen molar-refractivity contribution in [3.05, 3.63) is 33.9 Å². The van der Waals surface area contributed by atoms with Crippen molar-refractivity contribution in [2.45, 2.75) is 25.0 Å². The van der Waals surface area contributed by atoms with Gasteiger partial charge in [-0.1, -0.05) is 0 Å². The van der Waals surface area contributed by atoms with Crippen molar-refractivity contribution in [1.82, 2.24) is 0 Å². The van der Waals surface area contributed by atoms with Crippen LogP contribution in [-0.2, 0) is 4.74 Å². The Morgan fingerprint density at radius 2 is 2.28 bits per heavy atom. The van der Waals surface area contributed by atoms with Gasteiger partial charge in [0, 0.05) is 25.3 Å². The highest BCUT2D eigenvalue weighted by Gasteiger charge is 2.29. The number of anilines is 1. The van der Waals surface area contributed by atoms with Crippen LogP contribution in [0.4, 0.5) is 11.4 Å². The van der Waals surface area contributed by atoms with Gasteiger partial charge in [0.05, 0.1) is 22.3 Å². The van der Waals surface area contributed by atoms with Gasteiger partial charge in [0.2, 0.25) is 0 Å². The number of nitrogens with one attached hydrogen (secondary N) is 1. The molecule has 1 saturated carbocycles. The summed E-state index contributed by atoms with van der Waals surface area (Å²) in [7, 11) is 1.67. The molecule has 0 amide bonds. The zero-order valence-electron chi connectivity index (χ0n) is 9.92. The molecule has 0 aliphatic heterocycles. The van der Waals surface area contributed by atoms with Crippen LogP contribution < -0.4 is 5.32 Å². The molecule has 0 heterocycles. The average Bonchev–Trinajstić information content (AvgIpc) is 2.32. The first-order valence-corrected chi connectivity index (χ1v) is 5.62. The van der Waals surface area contributed by atoms with E-state index >= 15 is 0 Å². The zero-order valence-corrected chi connectivity index (χ0v) is 9.92. The normalized spacial score (nSPS) is 21.8. The molecule has 0 bridgehead atoms. The van der Waals surface area contributed by atoms with Crippen LogP contribution in [0, 0.1) is 21.4 Å². The molecule has 0 atom stereocenters. The molecule has 0 spiro atoms. The van der Waals surface area contributed by atoms with Crippen molar-refractivity contribution in [1.29, 1.82) is 5.26 Å². The number of nitriles is 1. The lowest BCUT2D eigenvalue weighted by atomic mass is 9.89. The smallest absolute Gasteiger partial charge is 0.270 e. The highest BCUT2D eigenvalue weighted by molar-refractivity contribution is 5.61. The molecule has 0 unspecified atom stereocenters. The van der Waals surface area contributed by atoms with Gasteiger partial charge < -0.3 is 10.1 Å². The first-order chi connectivity index (χ1) is 8.63. The summed E-state index contributed by atoms with van der Waals surface area (Å²) >= 11 is 0. The molecule has 1 aromatic carbocycles. The Kier molecular flexibility index (Phi) is 3.44. The van der Waals surface area contributed by atoms with Gasteiger partial charge in [-0.25, -0.2) is 0 Å². The summed E-state index contributed by atoms with van der Waals surface area (Å²) in [5, 5.41) is 22.8. The molecule has 1 aliphatic rings. The summed E-state index contributed by atoms with van der Waals surface area (Å²) in [6.45, 7) is 0. The summed E-state index contributed by atoms with van der Waals surface area (Å²) in [5.41, 5.74) is 0.869. The van der Waals surface area contributed by atoms with E-state index in [4.69, 9.17) is 10.00 Å². The summed E-state index contributed by atoms with van der Waals surface area (Å²) in [5.74, 6) is 0. The molecule has 94 valence electrons. The highest BCUT2D eigenvalue weighted by Crippen LogP contribution is 2.29. The maximum absolute atomic E-state index is 10.6. The molecule has 6 heteroatoms. The van der Waals surface area contributed by atoms with E-state index in [-0.39, 0.29) is 17.8 Å². The quantitative estimate of drug-likeness (QED) is 0.649. The topological polar surface area (TPSA) is 88.2 Å². The van der Waals surface area contributed by atoms with Crippen molar-refractivity contribution < 1.29 is 9.66 Å². The molecular weight excluding hydrogens is 234 g/mol. The van der Waals surface area contributed by atoms with Crippen molar-refractivity contribution in [3.8, 4) is 6.07 Å². The Hall–Kier alpha value is -2.13. The molecule has 18 heavy (non-hydrogen) atoms. The van der Waals surface area contributed by atoms with Gasteiger partial charge in [-0.15, -0.1) is 0 Å². The van der Waals surface area contributed by atoms with Gasteiger partial charge in [0.1, 0.15) is 6.07 Å². The van der Waals surface area contributed by atoms with E-state index in [1.54, 1.807) is 13.2 Å². The fraction of sp³-hybridized carbons (Fsp3) is 0.417. The van der Waals surface area contributed by atoms with Crippen molar-refractivity contribution in [2.24, 2.45) is 0 Å². The minimum Gasteiger partial charge on any atom is -0.381 e. The predicted octanol–water partition coefficient (Wildman–Crippen LogP) is 2.06. The van der Waals surface area contributed by atoms with E-state index in [2.05, 4.69) is 5.32 Å². The first-order valence-electron chi connectivity index (χ1n) is 5.62. The Balaban J connectivity index is 2.09. The molecule has 0 saturated heterocycles. The lowest BCUT2D eigenvalue weighted by Gasteiger charge is -2.35. The van der Waals surface area contributed by atoms with E-state index in [1.165, 1.54) is 12.1 Å². The number of ether oxygens (including phenoxy) is 1. The number of nitro groups is 1. The number of hydrogen-bond acceptors (Lipinski definition) is 5. The lowest BCUT2D eigenvalue weighted by molar-refractivity contribution is -0.384. The largest absolute Gasteiger partial charge is 0.381 e. The van der Waals surface area contributed by atoms with E-state index in [9.17, 15) is 10.1 Å². The number of non-ortho nitro benzene ring substituents is 1. The van der Waals surface area contributed by atoms with Crippen LogP contribution in [-0.4, -0.2) is 24.2 Å². The van der Waals surface area contributed by atoms with Crippen LogP contribution >= 0.6 is 0 Å². The molecule has 2 rings (SSSR count). The maximum atomic E-state index is 10.6. The predicted molar refractivity (Wildman–Crippen MR) is 65.3 cm³/mol.